The van der Waals surface area contributed by atoms with Gasteiger partial charge in [-0.1, -0.05) is 18.2 Å². The van der Waals surface area contributed by atoms with E-state index >= 15 is 0 Å². The van der Waals surface area contributed by atoms with Crippen molar-refractivity contribution < 1.29 is 9.59 Å². The van der Waals surface area contributed by atoms with Crippen molar-refractivity contribution in [1.82, 2.24) is 4.98 Å². The van der Waals surface area contributed by atoms with Crippen LogP contribution in [0.2, 0.25) is 0 Å². The Kier molecular flexibility index (Phi) is 2.77. The van der Waals surface area contributed by atoms with Crippen LogP contribution in [0.3, 0.4) is 0 Å². The normalized spacial score (nSPS) is 18.4. The molecule has 4 heteroatoms. The van der Waals surface area contributed by atoms with Crippen molar-refractivity contribution in [2.75, 3.05) is 11.4 Å². The first-order chi connectivity index (χ1) is 10.2. The summed E-state index contributed by atoms with van der Waals surface area (Å²) in [7, 11) is 0. The third-order valence-electron chi connectivity index (χ3n) is 4.39. The van der Waals surface area contributed by atoms with Crippen LogP contribution < -0.4 is 4.90 Å². The second kappa shape index (κ2) is 4.65. The number of ketones is 1. The number of fused-ring (bicyclic) bond motifs is 2. The van der Waals surface area contributed by atoms with Crippen molar-refractivity contribution >= 4 is 28.3 Å². The molecule has 4 nitrogen and oxygen atoms in total. The molecule has 1 aromatic carbocycles. The lowest BCUT2D eigenvalue weighted by Gasteiger charge is -2.25. The van der Waals surface area contributed by atoms with E-state index in [9.17, 15) is 9.59 Å². The Balaban J connectivity index is 2.01. The van der Waals surface area contributed by atoms with Crippen molar-refractivity contribution in [3.8, 4) is 0 Å². The van der Waals surface area contributed by atoms with Crippen LogP contribution in [0.25, 0.3) is 10.9 Å². The van der Waals surface area contributed by atoms with Gasteiger partial charge in [0.15, 0.2) is 5.78 Å². The predicted molar refractivity (Wildman–Crippen MR) is 80.4 cm³/mol. The van der Waals surface area contributed by atoms with Crippen molar-refractivity contribution in [2.24, 2.45) is 0 Å². The number of carbonyl (C=O) groups is 2. The molecule has 1 saturated heterocycles. The summed E-state index contributed by atoms with van der Waals surface area (Å²) in [6, 6.07) is 7.91. The van der Waals surface area contributed by atoms with E-state index in [-0.39, 0.29) is 24.7 Å². The summed E-state index contributed by atoms with van der Waals surface area (Å²) in [6.45, 7) is 0.208. The summed E-state index contributed by atoms with van der Waals surface area (Å²) >= 11 is 0. The highest BCUT2D eigenvalue weighted by Crippen LogP contribution is 2.37. The quantitative estimate of drug-likeness (QED) is 0.754. The van der Waals surface area contributed by atoms with Crippen molar-refractivity contribution in [3.05, 3.63) is 35.5 Å². The highest BCUT2D eigenvalue weighted by Gasteiger charge is 2.32. The Morgan fingerprint density at radius 2 is 1.86 bits per heavy atom. The van der Waals surface area contributed by atoms with Crippen LogP contribution in [0.1, 0.15) is 30.5 Å². The number of rotatable bonds is 1. The van der Waals surface area contributed by atoms with Gasteiger partial charge in [-0.05, 0) is 37.3 Å². The van der Waals surface area contributed by atoms with Crippen LogP contribution in [0.5, 0.6) is 0 Å². The fraction of sp³-hybridized carbons (Fsp3) is 0.353. The smallest absolute Gasteiger partial charge is 0.234 e. The summed E-state index contributed by atoms with van der Waals surface area (Å²) in [5, 5.41) is 0.987. The number of para-hydroxylation sites is 1. The lowest BCUT2D eigenvalue weighted by molar-refractivity contribution is -0.121. The first-order valence-electron chi connectivity index (χ1n) is 7.46. The van der Waals surface area contributed by atoms with E-state index in [1.165, 1.54) is 5.56 Å². The molecular weight excluding hydrogens is 264 g/mol. The van der Waals surface area contributed by atoms with Crippen LogP contribution >= 0.6 is 0 Å². The highest BCUT2D eigenvalue weighted by molar-refractivity contribution is 6.18. The van der Waals surface area contributed by atoms with Gasteiger partial charge in [-0.15, -0.1) is 0 Å². The molecule has 1 aliphatic carbocycles. The highest BCUT2D eigenvalue weighted by atomic mass is 16.2. The van der Waals surface area contributed by atoms with Gasteiger partial charge in [0.2, 0.25) is 5.91 Å². The first-order valence-corrected chi connectivity index (χ1v) is 7.46. The van der Waals surface area contributed by atoms with E-state index in [1.807, 2.05) is 24.3 Å². The number of Topliss-reactive ketones (excluding diaryl/α,β-unsaturated/α-hetero) is 1. The Morgan fingerprint density at radius 1 is 1.05 bits per heavy atom. The summed E-state index contributed by atoms with van der Waals surface area (Å²) in [6.07, 6.45) is 4.20. The van der Waals surface area contributed by atoms with Gasteiger partial charge in [-0.25, -0.2) is 0 Å². The van der Waals surface area contributed by atoms with Gasteiger partial charge in [-0.3, -0.25) is 14.6 Å². The monoisotopic (exact) mass is 280 g/mol. The topological polar surface area (TPSA) is 50.3 Å². The van der Waals surface area contributed by atoms with Crippen molar-refractivity contribution in [2.45, 2.75) is 32.1 Å². The molecule has 2 heterocycles. The third-order valence-corrected chi connectivity index (χ3v) is 4.39. The number of pyridine rings is 1. The Hall–Kier alpha value is -2.23. The second-order valence-corrected chi connectivity index (χ2v) is 5.81. The number of aryl methyl sites for hydroxylation is 1. The maximum Gasteiger partial charge on any atom is 0.234 e. The van der Waals surface area contributed by atoms with Crippen LogP contribution in [-0.4, -0.2) is 23.2 Å². The average molecular weight is 280 g/mol. The molecule has 2 aromatic rings. The standard InChI is InChI=1S/C17H16N2O2/c20-11-9-16(21)19(10-11)17-12-5-1-3-7-14(12)18-15-8-4-2-6-13(15)17/h1,3,5,7H,2,4,6,8-10H2. The lowest BCUT2D eigenvalue weighted by atomic mass is 9.92. The molecule has 0 bridgehead atoms. The van der Waals surface area contributed by atoms with Crippen LogP contribution in [0, 0.1) is 0 Å². The van der Waals surface area contributed by atoms with E-state index in [4.69, 9.17) is 4.98 Å². The van der Waals surface area contributed by atoms with E-state index in [0.29, 0.717) is 0 Å². The SMILES string of the molecule is O=C1CC(=O)N(c2c3c(nc4ccccc24)CCCC3)C1. The number of hydrogen-bond donors (Lipinski definition) is 0. The summed E-state index contributed by atoms with van der Waals surface area (Å²) in [5.74, 6) is -0.0745. The Morgan fingerprint density at radius 3 is 2.67 bits per heavy atom. The first kappa shape index (κ1) is 12.5. The molecule has 4 rings (SSSR count). The summed E-state index contributed by atoms with van der Waals surface area (Å²) in [4.78, 5) is 30.3. The molecule has 106 valence electrons. The van der Waals surface area contributed by atoms with E-state index in [2.05, 4.69) is 0 Å². The van der Waals surface area contributed by atoms with Crippen molar-refractivity contribution in [1.29, 1.82) is 0 Å². The van der Waals surface area contributed by atoms with E-state index in [1.54, 1.807) is 4.90 Å². The van der Waals surface area contributed by atoms with Crippen LogP contribution in [0.4, 0.5) is 5.69 Å². The molecule has 0 spiro atoms. The van der Waals surface area contributed by atoms with Gasteiger partial charge in [0.1, 0.15) is 0 Å². The van der Waals surface area contributed by atoms with Gasteiger partial charge in [0.05, 0.1) is 24.2 Å². The molecular formula is C17H16N2O2. The van der Waals surface area contributed by atoms with E-state index < -0.39 is 0 Å². The van der Waals surface area contributed by atoms with Gasteiger partial charge < -0.3 is 4.90 Å². The number of aromatic nitrogens is 1. The van der Waals surface area contributed by atoms with Crippen molar-refractivity contribution in [3.63, 3.8) is 0 Å². The average Bonchev–Trinajstić information content (AvgIpc) is 2.83. The number of anilines is 1. The minimum Gasteiger partial charge on any atom is -0.304 e. The lowest BCUT2D eigenvalue weighted by Crippen LogP contribution is -2.27. The Bertz CT molecular complexity index is 767. The summed E-state index contributed by atoms with van der Waals surface area (Å²) < 4.78 is 0. The zero-order valence-electron chi connectivity index (χ0n) is 11.8. The van der Waals surface area contributed by atoms with Crippen LogP contribution in [0.15, 0.2) is 24.3 Å². The maximum absolute atomic E-state index is 12.2. The number of nitrogens with zero attached hydrogens (tertiary/aromatic N) is 2. The van der Waals surface area contributed by atoms with Crippen LogP contribution in [-0.2, 0) is 22.4 Å². The Labute approximate surface area is 122 Å². The number of benzene rings is 1. The zero-order valence-corrected chi connectivity index (χ0v) is 11.8. The molecule has 0 saturated carbocycles. The fourth-order valence-electron chi connectivity index (χ4n) is 3.44. The molecule has 0 radical (unpaired) electrons. The maximum atomic E-state index is 12.2. The van der Waals surface area contributed by atoms with E-state index in [0.717, 1.165) is 48.0 Å². The molecule has 0 atom stereocenters. The molecule has 1 aromatic heterocycles. The predicted octanol–water partition coefficient (Wildman–Crippen LogP) is 2.42. The molecule has 1 amide bonds. The van der Waals surface area contributed by atoms with Gasteiger partial charge in [-0.2, -0.15) is 0 Å². The largest absolute Gasteiger partial charge is 0.304 e. The molecule has 1 fully saturated rings. The summed E-state index contributed by atoms with van der Waals surface area (Å²) in [5.41, 5.74) is 4.12. The molecule has 0 unspecified atom stereocenters. The molecule has 1 aliphatic heterocycles. The fourth-order valence-corrected chi connectivity index (χ4v) is 3.44. The van der Waals surface area contributed by atoms with Gasteiger partial charge in [0.25, 0.3) is 0 Å². The molecule has 2 aliphatic rings. The molecule has 21 heavy (non-hydrogen) atoms. The van der Waals surface area contributed by atoms with Gasteiger partial charge in [0, 0.05) is 11.1 Å². The minimum atomic E-state index is -0.0795. The second-order valence-electron chi connectivity index (χ2n) is 5.81. The number of carbonyl (C=O) groups excluding carboxylic acids is 2. The third kappa shape index (κ3) is 1.94. The zero-order chi connectivity index (χ0) is 14.4. The number of amides is 1. The van der Waals surface area contributed by atoms with Gasteiger partial charge >= 0.3 is 0 Å². The molecule has 0 N–H and O–H groups in total. The number of hydrogen-bond acceptors (Lipinski definition) is 3. The minimum absolute atomic E-state index is 0.00505.